The largest absolute Gasteiger partial charge is 0.416 e. The normalized spacial score (nSPS) is 13.6. The molecule has 4 rings (SSSR count). The maximum atomic E-state index is 13.1. The molecular weight excluding hydrogens is 422 g/mol. The molecule has 0 spiro atoms. The maximum Gasteiger partial charge on any atom is 0.416 e. The average molecular weight is 433 g/mol. The summed E-state index contributed by atoms with van der Waals surface area (Å²) in [4.78, 5) is 0. The van der Waals surface area contributed by atoms with Gasteiger partial charge in [-0.2, -0.15) is 18.3 Å². The quantitative estimate of drug-likeness (QED) is 0.502. The maximum absolute atomic E-state index is 13.1. The van der Waals surface area contributed by atoms with Crippen molar-refractivity contribution in [3.63, 3.8) is 0 Å². The number of nitrogens with zero attached hydrogens (tertiary/aromatic N) is 2. The van der Waals surface area contributed by atoms with Gasteiger partial charge in [0.05, 0.1) is 27.0 Å². The molecule has 0 unspecified atom stereocenters. The van der Waals surface area contributed by atoms with Crippen LogP contribution in [0.25, 0.3) is 16.9 Å². The Morgan fingerprint density at radius 3 is 2.48 bits per heavy atom. The van der Waals surface area contributed by atoms with Gasteiger partial charge in [0.25, 0.3) is 0 Å². The third-order valence-electron chi connectivity index (χ3n) is 4.34. The number of benzene rings is 2. The van der Waals surface area contributed by atoms with E-state index >= 15 is 0 Å². The molecule has 0 atom stereocenters. The summed E-state index contributed by atoms with van der Waals surface area (Å²) in [7, 11) is 0. The number of nitrogens with one attached hydrogen (secondary N) is 1. The van der Waals surface area contributed by atoms with Gasteiger partial charge >= 0.3 is 6.18 Å². The number of fused-ring (bicyclic) bond motifs is 1. The fraction of sp³-hybridized carbons (Fsp3) is 0.167. The van der Waals surface area contributed by atoms with Crippen LogP contribution in [0.5, 0.6) is 0 Å². The van der Waals surface area contributed by atoms with Gasteiger partial charge in [0.2, 0.25) is 0 Å². The number of alkyl halides is 3. The third kappa shape index (κ3) is 3.26. The van der Waals surface area contributed by atoms with Crippen LogP contribution in [0.2, 0.25) is 15.1 Å². The van der Waals surface area contributed by atoms with Gasteiger partial charge in [-0.15, -0.1) is 0 Å². The van der Waals surface area contributed by atoms with Crippen LogP contribution in [0.4, 0.5) is 19.0 Å². The molecule has 0 fully saturated rings. The van der Waals surface area contributed by atoms with Gasteiger partial charge in [-0.3, -0.25) is 0 Å². The van der Waals surface area contributed by atoms with Crippen molar-refractivity contribution in [1.29, 1.82) is 0 Å². The minimum absolute atomic E-state index is 0.199. The molecule has 0 aliphatic carbocycles. The lowest BCUT2D eigenvalue weighted by molar-refractivity contribution is -0.137. The van der Waals surface area contributed by atoms with Crippen molar-refractivity contribution in [2.75, 3.05) is 11.9 Å². The van der Waals surface area contributed by atoms with E-state index in [1.54, 1.807) is 22.9 Å². The zero-order valence-electron chi connectivity index (χ0n) is 13.5. The van der Waals surface area contributed by atoms with Gasteiger partial charge < -0.3 is 5.32 Å². The van der Waals surface area contributed by atoms with Crippen molar-refractivity contribution < 1.29 is 13.2 Å². The first-order valence-corrected chi connectivity index (χ1v) is 9.07. The van der Waals surface area contributed by atoms with Crippen LogP contribution in [0, 0.1) is 0 Å². The predicted molar refractivity (Wildman–Crippen MR) is 101 cm³/mol. The van der Waals surface area contributed by atoms with Gasteiger partial charge in [-0.25, -0.2) is 4.68 Å². The van der Waals surface area contributed by atoms with Gasteiger partial charge in [0.1, 0.15) is 5.82 Å². The van der Waals surface area contributed by atoms with Crippen LogP contribution in [-0.4, -0.2) is 16.3 Å². The van der Waals surface area contributed by atoms with Gasteiger partial charge in [-0.05, 0) is 42.8 Å². The lowest BCUT2D eigenvalue weighted by Crippen LogP contribution is -2.06. The molecule has 2 aromatic carbocycles. The fourth-order valence-corrected chi connectivity index (χ4v) is 3.80. The smallest absolute Gasteiger partial charge is 0.369 e. The first kappa shape index (κ1) is 18.5. The Bertz CT molecular complexity index is 1040. The number of halogens is 6. The summed E-state index contributed by atoms with van der Waals surface area (Å²) in [5.74, 6) is 0.683. The van der Waals surface area contributed by atoms with Crippen molar-refractivity contribution in [1.82, 2.24) is 9.78 Å². The summed E-state index contributed by atoms with van der Waals surface area (Å²) in [5, 5.41) is 8.78. The highest BCUT2D eigenvalue weighted by molar-refractivity contribution is 6.35. The highest BCUT2D eigenvalue weighted by Crippen LogP contribution is 2.41. The number of aromatic nitrogens is 2. The van der Waals surface area contributed by atoms with Crippen molar-refractivity contribution >= 4 is 40.6 Å². The monoisotopic (exact) mass is 431 g/mol. The second-order valence-electron chi connectivity index (χ2n) is 6.05. The molecule has 2 heterocycles. The minimum Gasteiger partial charge on any atom is -0.369 e. The summed E-state index contributed by atoms with van der Waals surface area (Å²) in [5.41, 5.74) is 1.22. The fourth-order valence-electron chi connectivity index (χ4n) is 3.10. The minimum atomic E-state index is -4.47. The lowest BCUT2D eigenvalue weighted by atomic mass is 10.0. The van der Waals surface area contributed by atoms with E-state index in [-0.39, 0.29) is 10.6 Å². The Morgan fingerprint density at radius 1 is 1.00 bits per heavy atom. The van der Waals surface area contributed by atoms with Crippen LogP contribution < -0.4 is 5.32 Å². The summed E-state index contributed by atoms with van der Waals surface area (Å²) in [6, 6.07) is 8.17. The first-order valence-electron chi connectivity index (χ1n) is 7.94. The molecule has 27 heavy (non-hydrogen) atoms. The van der Waals surface area contributed by atoms with Crippen molar-refractivity contribution in [3.8, 4) is 16.9 Å². The highest BCUT2D eigenvalue weighted by Gasteiger charge is 2.32. The molecule has 0 saturated heterocycles. The predicted octanol–water partition coefficient (Wildman–Crippen LogP) is 6.49. The standard InChI is InChI=1S/C18H11Cl3F3N3/c19-10-2-4-15(14(21)8-10)27-17-11(5-6-25-17)16(26-27)12-7-9(18(22,23)24)1-3-13(12)20/h1-4,7-8,25H,5-6H2. The molecular formula is C18H11Cl3F3N3. The van der Waals surface area contributed by atoms with E-state index in [9.17, 15) is 13.2 Å². The number of hydrogen-bond donors (Lipinski definition) is 1. The van der Waals surface area contributed by atoms with Gasteiger partial charge in [-0.1, -0.05) is 34.8 Å². The van der Waals surface area contributed by atoms with Crippen LogP contribution in [0.15, 0.2) is 36.4 Å². The Morgan fingerprint density at radius 2 is 1.78 bits per heavy atom. The Balaban J connectivity index is 1.92. The molecule has 1 aliphatic rings. The SMILES string of the molecule is FC(F)(F)c1ccc(Cl)c(-c2nn(-c3ccc(Cl)cc3Cl)c3c2CCN3)c1. The molecule has 0 radical (unpaired) electrons. The Labute approximate surface area is 167 Å². The molecule has 1 N–H and O–H groups in total. The van der Waals surface area contributed by atoms with Gasteiger partial charge in [0.15, 0.2) is 0 Å². The Hall–Kier alpha value is -1.89. The van der Waals surface area contributed by atoms with E-state index in [0.717, 1.165) is 17.7 Å². The molecule has 1 aliphatic heterocycles. The average Bonchev–Trinajstić information content (AvgIpc) is 3.17. The highest BCUT2D eigenvalue weighted by atomic mass is 35.5. The number of anilines is 1. The third-order valence-corrected chi connectivity index (χ3v) is 5.21. The summed E-state index contributed by atoms with van der Waals surface area (Å²) >= 11 is 18.4. The molecule has 0 amide bonds. The molecule has 140 valence electrons. The van der Waals surface area contributed by atoms with E-state index in [1.807, 2.05) is 0 Å². The molecule has 0 bridgehead atoms. The van der Waals surface area contributed by atoms with Crippen LogP contribution >= 0.6 is 34.8 Å². The van der Waals surface area contributed by atoms with Crippen molar-refractivity contribution in [2.45, 2.75) is 12.6 Å². The zero-order valence-corrected chi connectivity index (χ0v) is 15.8. The topological polar surface area (TPSA) is 29.9 Å². The van der Waals surface area contributed by atoms with E-state index in [4.69, 9.17) is 34.8 Å². The first-order chi connectivity index (χ1) is 12.8. The van der Waals surface area contributed by atoms with Crippen LogP contribution in [-0.2, 0) is 12.6 Å². The number of rotatable bonds is 2. The van der Waals surface area contributed by atoms with E-state index < -0.39 is 11.7 Å². The molecule has 0 saturated carbocycles. The molecule has 3 aromatic rings. The van der Waals surface area contributed by atoms with E-state index in [2.05, 4.69) is 10.4 Å². The van der Waals surface area contributed by atoms with Gasteiger partial charge in [0, 0.05) is 22.7 Å². The van der Waals surface area contributed by atoms with Crippen LogP contribution in [0.1, 0.15) is 11.1 Å². The summed E-state index contributed by atoms with van der Waals surface area (Å²) in [6.07, 6.45) is -3.86. The summed E-state index contributed by atoms with van der Waals surface area (Å²) in [6.45, 7) is 0.641. The molecule has 1 aromatic heterocycles. The Kier molecular flexibility index (Phi) is 4.53. The lowest BCUT2D eigenvalue weighted by Gasteiger charge is -2.10. The van der Waals surface area contributed by atoms with E-state index in [0.29, 0.717) is 40.2 Å². The van der Waals surface area contributed by atoms with Crippen LogP contribution in [0.3, 0.4) is 0 Å². The summed E-state index contributed by atoms with van der Waals surface area (Å²) < 4.78 is 41.0. The van der Waals surface area contributed by atoms with Crippen molar-refractivity contribution in [2.24, 2.45) is 0 Å². The second-order valence-corrected chi connectivity index (χ2v) is 7.30. The van der Waals surface area contributed by atoms with E-state index in [1.165, 1.54) is 6.07 Å². The molecule has 3 nitrogen and oxygen atoms in total. The molecule has 9 heteroatoms. The van der Waals surface area contributed by atoms with Crippen molar-refractivity contribution in [3.05, 3.63) is 62.6 Å². The zero-order chi connectivity index (χ0) is 19.3. The number of hydrogen-bond acceptors (Lipinski definition) is 2. The second kappa shape index (κ2) is 6.62.